The van der Waals surface area contributed by atoms with Crippen LogP contribution in [0.25, 0.3) is 0 Å². The molecule has 7 rings (SSSR count). The number of amides is 4. The number of benzene rings is 2. The molecule has 2 aliphatic heterocycles. The molecule has 8 nitrogen and oxygen atoms in total. The van der Waals surface area contributed by atoms with Crippen LogP contribution in [0.3, 0.4) is 0 Å². The van der Waals surface area contributed by atoms with E-state index in [0.29, 0.717) is 15.6 Å². The van der Waals surface area contributed by atoms with Gasteiger partial charge < -0.3 is 4.74 Å². The smallest absolute Gasteiger partial charge is 0.334 e. The van der Waals surface area contributed by atoms with Gasteiger partial charge in [-0.2, -0.15) is 0 Å². The van der Waals surface area contributed by atoms with Crippen LogP contribution in [0.4, 0.5) is 11.4 Å². The fraction of sp³-hybridized carbons (Fsp3) is 0.345. The van der Waals surface area contributed by atoms with Crippen LogP contribution in [0.2, 0.25) is 20.1 Å². The SMILES string of the molecule is CCOC(=O)C1=C(C)C2[C@H]3C(=O)N(c4ccc(Cl)cc4Cl)C(=O)[C@H]3C1(C)[C@H]1C(=O)N(c3ccc(Cl)cc3Cl)C(=O)[C@@H]21. The summed E-state index contributed by atoms with van der Waals surface area (Å²) in [5.74, 6) is -8.28. The molecule has 212 valence electrons. The Morgan fingerprint density at radius 3 is 1.61 bits per heavy atom. The normalized spacial score (nSPS) is 30.4. The zero-order chi connectivity index (χ0) is 29.7. The van der Waals surface area contributed by atoms with Gasteiger partial charge in [0, 0.05) is 27.0 Å². The second-order valence-corrected chi connectivity index (χ2v) is 12.5. The van der Waals surface area contributed by atoms with Crippen LogP contribution in [0.15, 0.2) is 47.5 Å². The molecule has 5 aliphatic rings. The second kappa shape index (κ2) is 9.56. The van der Waals surface area contributed by atoms with E-state index in [9.17, 15) is 24.0 Å². The summed E-state index contributed by atoms with van der Waals surface area (Å²) in [5.41, 5.74) is -0.695. The van der Waals surface area contributed by atoms with Gasteiger partial charge in [0.1, 0.15) is 0 Å². The number of hydrogen-bond acceptors (Lipinski definition) is 6. The van der Waals surface area contributed by atoms with E-state index < -0.39 is 64.6 Å². The third-order valence-electron chi connectivity index (χ3n) is 8.98. The molecule has 2 bridgehead atoms. The first-order valence-electron chi connectivity index (χ1n) is 12.9. The monoisotopic (exact) mass is 634 g/mol. The van der Waals surface area contributed by atoms with Crippen LogP contribution < -0.4 is 9.80 Å². The number of carbonyl (C=O) groups is 5. The number of imide groups is 2. The van der Waals surface area contributed by atoms with Crippen LogP contribution in [0, 0.1) is 35.0 Å². The van der Waals surface area contributed by atoms with Crippen LogP contribution in [0.5, 0.6) is 0 Å². The lowest BCUT2D eigenvalue weighted by Gasteiger charge is -2.55. The van der Waals surface area contributed by atoms with Gasteiger partial charge in [0.25, 0.3) is 0 Å². The van der Waals surface area contributed by atoms with E-state index in [1.807, 2.05) is 0 Å². The first-order chi connectivity index (χ1) is 19.4. The average Bonchev–Trinajstić information content (AvgIpc) is 3.31. The third kappa shape index (κ3) is 3.63. The van der Waals surface area contributed by atoms with E-state index in [1.54, 1.807) is 20.8 Å². The molecule has 3 aliphatic carbocycles. The molecule has 41 heavy (non-hydrogen) atoms. The van der Waals surface area contributed by atoms with Crippen molar-refractivity contribution in [3.05, 3.63) is 67.6 Å². The van der Waals surface area contributed by atoms with Crippen molar-refractivity contribution in [2.75, 3.05) is 16.4 Å². The van der Waals surface area contributed by atoms with Crippen LogP contribution in [-0.4, -0.2) is 36.2 Å². The maximum Gasteiger partial charge on any atom is 0.334 e. The number of halogens is 4. The summed E-state index contributed by atoms with van der Waals surface area (Å²) in [7, 11) is 0. The van der Waals surface area contributed by atoms with E-state index in [4.69, 9.17) is 51.1 Å². The van der Waals surface area contributed by atoms with Crippen molar-refractivity contribution in [3.8, 4) is 0 Å². The number of esters is 1. The Kier molecular flexibility index (Phi) is 6.58. The molecule has 2 aromatic carbocycles. The van der Waals surface area contributed by atoms with Gasteiger partial charge in [-0.3, -0.25) is 19.2 Å². The molecule has 2 unspecified atom stereocenters. The standard InChI is InChI=1S/C29H22Cl4N2O6/c1-4-41-28(40)21-11(2)18-19-22(26(38)34(24(19)36)16-7-5-12(30)9-14(16)32)29(21,3)23-20(18)25(37)35(27(23)39)17-8-6-13(31)10-15(17)33/h5-10,18-20,22-23H,4H2,1-3H3/t18?,19-,20+,22+,23-,29?. The zero-order valence-corrected chi connectivity index (χ0v) is 24.9. The minimum absolute atomic E-state index is 0.0529. The highest BCUT2D eigenvalue weighted by Crippen LogP contribution is 2.69. The van der Waals surface area contributed by atoms with Crippen molar-refractivity contribution in [2.45, 2.75) is 20.8 Å². The molecular formula is C29H22Cl4N2O6. The molecule has 2 aromatic rings. The predicted molar refractivity (Wildman–Crippen MR) is 153 cm³/mol. The van der Waals surface area contributed by atoms with Gasteiger partial charge in [-0.05, 0) is 50.2 Å². The average molecular weight is 636 g/mol. The molecular weight excluding hydrogens is 614 g/mol. The van der Waals surface area contributed by atoms with Gasteiger partial charge in [0.15, 0.2) is 0 Å². The highest BCUT2D eigenvalue weighted by molar-refractivity contribution is 6.40. The molecule has 12 heteroatoms. The van der Waals surface area contributed by atoms with Crippen LogP contribution in [-0.2, 0) is 28.7 Å². The van der Waals surface area contributed by atoms with Crippen molar-refractivity contribution in [3.63, 3.8) is 0 Å². The Bertz CT molecular complexity index is 1540. The van der Waals surface area contributed by atoms with E-state index in [-0.39, 0.29) is 33.6 Å². The first-order valence-corrected chi connectivity index (χ1v) is 14.4. The van der Waals surface area contributed by atoms with Gasteiger partial charge in [0.05, 0.1) is 51.7 Å². The van der Waals surface area contributed by atoms with Crippen molar-refractivity contribution in [2.24, 2.45) is 35.0 Å². The Morgan fingerprint density at radius 2 is 1.22 bits per heavy atom. The molecule has 1 saturated carbocycles. The van der Waals surface area contributed by atoms with E-state index in [1.165, 1.54) is 36.4 Å². The van der Waals surface area contributed by atoms with E-state index >= 15 is 0 Å². The largest absolute Gasteiger partial charge is 0.463 e. The van der Waals surface area contributed by atoms with Crippen molar-refractivity contribution < 1.29 is 28.7 Å². The van der Waals surface area contributed by atoms with E-state index in [2.05, 4.69) is 0 Å². The quantitative estimate of drug-likeness (QED) is 0.314. The summed E-state index contributed by atoms with van der Waals surface area (Å²) in [4.78, 5) is 72.1. The highest BCUT2D eigenvalue weighted by atomic mass is 35.5. The molecule has 0 N–H and O–H groups in total. The Hall–Kier alpha value is -2.91. The fourth-order valence-electron chi connectivity index (χ4n) is 7.61. The summed E-state index contributed by atoms with van der Waals surface area (Å²) >= 11 is 24.9. The molecule has 3 fully saturated rings. The number of ether oxygens (including phenoxy) is 1. The second-order valence-electron chi connectivity index (χ2n) is 10.8. The lowest BCUT2D eigenvalue weighted by Crippen LogP contribution is -2.61. The van der Waals surface area contributed by atoms with Gasteiger partial charge >= 0.3 is 5.97 Å². The summed E-state index contributed by atoms with van der Waals surface area (Å²) < 4.78 is 5.39. The van der Waals surface area contributed by atoms with Crippen molar-refractivity contribution >= 4 is 87.4 Å². The molecule has 2 heterocycles. The summed E-state index contributed by atoms with van der Waals surface area (Å²) in [6, 6.07) is 8.78. The number of allylic oxidation sites excluding steroid dienone is 1. The molecule has 0 aromatic heterocycles. The number of anilines is 2. The van der Waals surface area contributed by atoms with Crippen LogP contribution in [0.1, 0.15) is 20.8 Å². The lowest BCUT2D eigenvalue weighted by molar-refractivity contribution is -0.155. The number of carbonyl (C=O) groups excluding carboxylic acids is 5. The minimum atomic E-state index is -1.55. The lowest BCUT2D eigenvalue weighted by atomic mass is 9.43. The summed E-state index contributed by atoms with van der Waals surface area (Å²) in [5, 5.41) is 0.801. The predicted octanol–water partition coefficient (Wildman–Crippen LogP) is 5.74. The van der Waals surface area contributed by atoms with Gasteiger partial charge in [-0.25, -0.2) is 14.6 Å². The minimum Gasteiger partial charge on any atom is -0.463 e. The highest BCUT2D eigenvalue weighted by Gasteiger charge is 2.77. The summed E-state index contributed by atoms with van der Waals surface area (Å²) in [6.45, 7) is 4.96. The Balaban J connectivity index is 1.55. The Morgan fingerprint density at radius 1 is 0.780 bits per heavy atom. The fourth-order valence-corrected chi connectivity index (χ4v) is 8.60. The third-order valence-corrected chi connectivity index (χ3v) is 10.1. The first kappa shape index (κ1) is 28.2. The zero-order valence-electron chi connectivity index (χ0n) is 21.9. The Labute approximate surface area is 255 Å². The van der Waals surface area contributed by atoms with Gasteiger partial charge in [0.2, 0.25) is 23.6 Å². The summed E-state index contributed by atoms with van der Waals surface area (Å²) in [6.07, 6.45) is 0. The maximum absolute atomic E-state index is 14.2. The maximum atomic E-state index is 14.2. The topological polar surface area (TPSA) is 101 Å². The van der Waals surface area contributed by atoms with Crippen LogP contribution >= 0.6 is 46.4 Å². The van der Waals surface area contributed by atoms with Crippen molar-refractivity contribution in [1.82, 2.24) is 0 Å². The van der Waals surface area contributed by atoms with Crippen molar-refractivity contribution in [1.29, 1.82) is 0 Å². The molecule has 4 amide bonds. The van der Waals surface area contributed by atoms with E-state index in [0.717, 1.165) is 9.80 Å². The number of nitrogens with zero attached hydrogens (tertiary/aromatic N) is 2. The number of hydrogen-bond donors (Lipinski definition) is 0. The molecule has 0 spiro atoms. The van der Waals surface area contributed by atoms with Gasteiger partial charge in [-0.15, -0.1) is 0 Å². The molecule has 2 saturated heterocycles. The van der Waals surface area contributed by atoms with Gasteiger partial charge in [-0.1, -0.05) is 58.9 Å². The molecule has 0 radical (unpaired) electrons. The number of rotatable bonds is 4. The molecule has 6 atom stereocenters.